The number of hydrogen-bond acceptors (Lipinski definition) is 1. The predicted octanol–water partition coefficient (Wildman–Crippen LogP) is 1.09. The molecule has 2 saturated carbocycles. The van der Waals surface area contributed by atoms with Crippen LogP contribution in [0.15, 0.2) is 12.7 Å². The van der Waals surface area contributed by atoms with Crippen LogP contribution in [-0.2, 0) is 4.79 Å². The summed E-state index contributed by atoms with van der Waals surface area (Å²) in [6.45, 7) is 3.43. The van der Waals surface area contributed by atoms with Crippen molar-refractivity contribution in [1.29, 1.82) is 0 Å². The fourth-order valence-corrected chi connectivity index (χ4v) is 2.12. The van der Waals surface area contributed by atoms with E-state index in [0.29, 0.717) is 6.04 Å². The summed E-state index contributed by atoms with van der Waals surface area (Å²) in [5.41, 5.74) is 0. The highest BCUT2D eigenvalue weighted by Gasteiger charge is 2.48. The number of hydrogen-bond donors (Lipinski definition) is 1. The zero-order chi connectivity index (χ0) is 7.84. The van der Waals surface area contributed by atoms with E-state index in [-0.39, 0.29) is 5.91 Å². The molecule has 3 atom stereocenters. The summed E-state index contributed by atoms with van der Waals surface area (Å²) in [5.74, 6) is 1.73. The smallest absolute Gasteiger partial charge is 0.243 e. The minimum Gasteiger partial charge on any atom is -0.350 e. The molecule has 2 nitrogen and oxygen atoms in total. The minimum atomic E-state index is -0.0115. The highest BCUT2D eigenvalue weighted by Crippen LogP contribution is 2.51. The molecule has 0 aromatic heterocycles. The van der Waals surface area contributed by atoms with Gasteiger partial charge in [0.25, 0.3) is 0 Å². The molecule has 2 heteroatoms. The van der Waals surface area contributed by atoms with E-state index < -0.39 is 0 Å². The molecule has 0 saturated heterocycles. The monoisotopic (exact) mass is 151 g/mol. The van der Waals surface area contributed by atoms with Crippen LogP contribution in [0.5, 0.6) is 0 Å². The van der Waals surface area contributed by atoms with Gasteiger partial charge in [0.2, 0.25) is 5.91 Å². The second-order valence-electron chi connectivity index (χ2n) is 3.56. The van der Waals surface area contributed by atoms with Gasteiger partial charge in [-0.2, -0.15) is 0 Å². The maximum atomic E-state index is 10.9. The van der Waals surface area contributed by atoms with Gasteiger partial charge in [0.05, 0.1) is 0 Å². The normalized spacial score (nSPS) is 39.5. The molecule has 0 spiro atoms. The molecule has 0 aliphatic heterocycles. The Morgan fingerprint density at radius 1 is 1.55 bits per heavy atom. The van der Waals surface area contributed by atoms with Gasteiger partial charge in [-0.1, -0.05) is 6.58 Å². The van der Waals surface area contributed by atoms with E-state index in [4.69, 9.17) is 0 Å². The molecular weight excluding hydrogens is 138 g/mol. The number of amides is 1. The molecule has 3 unspecified atom stereocenters. The molecule has 0 aromatic rings. The molecule has 2 fully saturated rings. The number of carbonyl (C=O) groups is 1. The molecule has 0 heterocycles. The lowest BCUT2D eigenvalue weighted by atomic mass is 10.2. The van der Waals surface area contributed by atoms with E-state index >= 15 is 0 Å². The van der Waals surface area contributed by atoms with Gasteiger partial charge < -0.3 is 5.32 Å². The average molecular weight is 151 g/mol. The van der Waals surface area contributed by atoms with Gasteiger partial charge in [-0.3, -0.25) is 4.79 Å². The lowest BCUT2D eigenvalue weighted by Crippen LogP contribution is -2.33. The second kappa shape index (κ2) is 2.36. The predicted molar refractivity (Wildman–Crippen MR) is 43.0 cm³/mol. The van der Waals surface area contributed by atoms with Gasteiger partial charge >= 0.3 is 0 Å². The van der Waals surface area contributed by atoms with Gasteiger partial charge in [-0.15, -0.1) is 0 Å². The molecule has 11 heavy (non-hydrogen) atoms. The Bertz CT molecular complexity index is 200. The number of carbonyl (C=O) groups excluding carboxylic acids is 1. The summed E-state index contributed by atoms with van der Waals surface area (Å²) in [6.07, 6.45) is 5.18. The summed E-state index contributed by atoms with van der Waals surface area (Å²) in [6, 6.07) is 0.463. The van der Waals surface area contributed by atoms with Crippen LogP contribution in [0.25, 0.3) is 0 Å². The first-order chi connectivity index (χ1) is 5.31. The van der Waals surface area contributed by atoms with Gasteiger partial charge in [0.15, 0.2) is 0 Å². The first kappa shape index (κ1) is 6.89. The Morgan fingerprint density at radius 2 is 2.36 bits per heavy atom. The minimum absolute atomic E-state index is 0.0115. The van der Waals surface area contributed by atoms with Crippen LogP contribution in [0, 0.1) is 11.8 Å². The Hall–Kier alpha value is -0.790. The third-order valence-corrected chi connectivity index (χ3v) is 2.86. The zero-order valence-corrected chi connectivity index (χ0v) is 6.55. The van der Waals surface area contributed by atoms with E-state index in [0.717, 1.165) is 11.8 Å². The van der Waals surface area contributed by atoms with E-state index in [1.165, 1.54) is 25.3 Å². The van der Waals surface area contributed by atoms with Crippen molar-refractivity contribution in [2.75, 3.05) is 0 Å². The third-order valence-electron chi connectivity index (χ3n) is 2.86. The van der Waals surface area contributed by atoms with Crippen molar-refractivity contribution < 1.29 is 4.79 Å². The lowest BCUT2D eigenvalue weighted by molar-refractivity contribution is -0.117. The van der Waals surface area contributed by atoms with Crippen molar-refractivity contribution in [3.8, 4) is 0 Å². The van der Waals surface area contributed by atoms with Crippen LogP contribution in [0.3, 0.4) is 0 Å². The maximum Gasteiger partial charge on any atom is 0.243 e. The molecule has 2 rings (SSSR count). The molecule has 0 radical (unpaired) electrons. The quantitative estimate of drug-likeness (QED) is 0.588. The van der Waals surface area contributed by atoms with Gasteiger partial charge in [-0.05, 0) is 37.2 Å². The molecule has 1 amide bonds. The first-order valence-corrected chi connectivity index (χ1v) is 4.24. The van der Waals surface area contributed by atoms with Crippen LogP contribution in [0.4, 0.5) is 0 Å². The summed E-state index contributed by atoms with van der Waals surface area (Å²) in [7, 11) is 0. The Morgan fingerprint density at radius 3 is 2.82 bits per heavy atom. The third kappa shape index (κ3) is 1.17. The molecular formula is C9H13NO. The van der Waals surface area contributed by atoms with Crippen LogP contribution < -0.4 is 5.32 Å². The number of nitrogens with one attached hydrogen (secondary N) is 1. The highest BCUT2D eigenvalue weighted by molar-refractivity contribution is 5.87. The lowest BCUT2D eigenvalue weighted by Gasteiger charge is -2.11. The maximum absolute atomic E-state index is 10.9. The van der Waals surface area contributed by atoms with Crippen LogP contribution in [0.1, 0.15) is 19.3 Å². The van der Waals surface area contributed by atoms with Crippen molar-refractivity contribution in [3.63, 3.8) is 0 Å². The van der Waals surface area contributed by atoms with Crippen molar-refractivity contribution in [1.82, 2.24) is 5.32 Å². The van der Waals surface area contributed by atoms with Crippen molar-refractivity contribution in [2.45, 2.75) is 25.3 Å². The standard InChI is InChI=1S/C9H13NO/c1-2-9(11)10-8-4-3-6-5-7(6)8/h2,6-8H,1,3-5H2,(H,10,11). The number of rotatable bonds is 2. The van der Waals surface area contributed by atoms with Gasteiger partial charge in [-0.25, -0.2) is 0 Å². The van der Waals surface area contributed by atoms with E-state index in [1.54, 1.807) is 0 Å². The Kier molecular flexibility index (Phi) is 1.48. The van der Waals surface area contributed by atoms with Crippen molar-refractivity contribution in [2.24, 2.45) is 11.8 Å². The summed E-state index contributed by atoms with van der Waals surface area (Å²) >= 11 is 0. The fraction of sp³-hybridized carbons (Fsp3) is 0.667. The summed E-state index contributed by atoms with van der Waals surface area (Å²) in [4.78, 5) is 10.9. The number of fused-ring (bicyclic) bond motifs is 1. The molecule has 0 aromatic carbocycles. The largest absolute Gasteiger partial charge is 0.350 e. The molecule has 2 aliphatic carbocycles. The van der Waals surface area contributed by atoms with Crippen LogP contribution in [0.2, 0.25) is 0 Å². The SMILES string of the molecule is C=CC(=O)NC1CCC2CC21. The van der Waals surface area contributed by atoms with E-state index in [2.05, 4.69) is 11.9 Å². The van der Waals surface area contributed by atoms with E-state index in [9.17, 15) is 4.79 Å². The molecule has 60 valence electrons. The molecule has 0 bridgehead atoms. The molecule has 2 aliphatic rings. The van der Waals surface area contributed by atoms with Crippen LogP contribution in [-0.4, -0.2) is 11.9 Å². The Balaban J connectivity index is 1.86. The zero-order valence-electron chi connectivity index (χ0n) is 6.55. The topological polar surface area (TPSA) is 29.1 Å². The Labute approximate surface area is 66.7 Å². The summed E-state index contributed by atoms with van der Waals surface area (Å²) in [5, 5.41) is 2.96. The van der Waals surface area contributed by atoms with Gasteiger partial charge in [0, 0.05) is 6.04 Å². The van der Waals surface area contributed by atoms with Crippen LogP contribution >= 0.6 is 0 Å². The average Bonchev–Trinajstić information content (AvgIpc) is 2.70. The van der Waals surface area contributed by atoms with Crippen molar-refractivity contribution >= 4 is 5.91 Å². The second-order valence-corrected chi connectivity index (χ2v) is 3.56. The van der Waals surface area contributed by atoms with Crippen molar-refractivity contribution in [3.05, 3.63) is 12.7 Å². The van der Waals surface area contributed by atoms with E-state index in [1.807, 2.05) is 0 Å². The van der Waals surface area contributed by atoms with Gasteiger partial charge in [0.1, 0.15) is 0 Å². The highest BCUT2D eigenvalue weighted by atomic mass is 16.1. The summed E-state index contributed by atoms with van der Waals surface area (Å²) < 4.78 is 0. The first-order valence-electron chi connectivity index (χ1n) is 4.24. The fourth-order valence-electron chi connectivity index (χ4n) is 2.12. The molecule has 1 N–H and O–H groups in total.